The van der Waals surface area contributed by atoms with Crippen LogP contribution in [0, 0.1) is 18.3 Å². The number of aryl methyl sites for hydroxylation is 1. The maximum Gasteiger partial charge on any atom is 0.307 e. The van der Waals surface area contributed by atoms with Crippen molar-refractivity contribution < 1.29 is 14.6 Å². The van der Waals surface area contributed by atoms with Gasteiger partial charge in [0.2, 0.25) is 0 Å². The lowest BCUT2D eigenvalue weighted by molar-refractivity contribution is -0.136. The van der Waals surface area contributed by atoms with E-state index in [0.29, 0.717) is 11.3 Å². The van der Waals surface area contributed by atoms with Crippen LogP contribution in [0.25, 0.3) is 11.3 Å². The predicted molar refractivity (Wildman–Crippen MR) is 117 cm³/mol. The van der Waals surface area contributed by atoms with Gasteiger partial charge in [-0.2, -0.15) is 0 Å². The topological polar surface area (TPSA) is 75.6 Å². The molecule has 2 aliphatic rings. The fourth-order valence-electron chi connectivity index (χ4n) is 4.01. The van der Waals surface area contributed by atoms with Crippen LogP contribution in [0.15, 0.2) is 24.5 Å². The van der Waals surface area contributed by atoms with Gasteiger partial charge in [0.25, 0.3) is 0 Å². The molecule has 0 bridgehead atoms. The van der Waals surface area contributed by atoms with Gasteiger partial charge in [-0.3, -0.25) is 14.8 Å². The van der Waals surface area contributed by atoms with Gasteiger partial charge in [-0.1, -0.05) is 13.8 Å². The predicted octanol–water partition coefficient (Wildman–Crippen LogP) is 4.49. The van der Waals surface area contributed by atoms with Gasteiger partial charge in [0.15, 0.2) is 0 Å². The summed E-state index contributed by atoms with van der Waals surface area (Å²) in [5, 5.41) is 9.53. The Morgan fingerprint density at radius 2 is 1.93 bits per heavy atom. The normalized spacial score (nSPS) is 18.3. The van der Waals surface area contributed by atoms with Crippen LogP contribution in [0.1, 0.15) is 50.8 Å². The molecule has 2 aromatic heterocycles. The first-order chi connectivity index (χ1) is 14.3. The second-order valence-corrected chi connectivity index (χ2v) is 9.44. The largest absolute Gasteiger partial charge is 0.492 e. The molecule has 30 heavy (non-hydrogen) atoms. The highest BCUT2D eigenvalue weighted by molar-refractivity contribution is 5.83. The van der Waals surface area contributed by atoms with Gasteiger partial charge in [0.1, 0.15) is 5.75 Å². The average Bonchev–Trinajstić information content (AvgIpc) is 3.53. The number of carboxylic acids is 1. The molecule has 0 radical (unpaired) electrons. The number of ether oxygens (including phenoxy) is 1. The van der Waals surface area contributed by atoms with Crippen LogP contribution in [0.3, 0.4) is 0 Å². The Labute approximate surface area is 178 Å². The van der Waals surface area contributed by atoms with Crippen molar-refractivity contribution in [3.05, 3.63) is 35.8 Å². The molecule has 1 aliphatic heterocycles. The highest BCUT2D eigenvalue weighted by atomic mass is 16.5. The summed E-state index contributed by atoms with van der Waals surface area (Å²) >= 11 is 0. The number of carbonyl (C=O) groups is 1. The molecule has 0 amide bonds. The minimum absolute atomic E-state index is 0.0372. The van der Waals surface area contributed by atoms with Crippen LogP contribution in [-0.4, -0.2) is 40.7 Å². The Morgan fingerprint density at radius 1 is 1.20 bits per heavy atom. The van der Waals surface area contributed by atoms with E-state index in [0.717, 1.165) is 66.5 Å². The van der Waals surface area contributed by atoms with E-state index < -0.39 is 5.97 Å². The molecule has 3 heterocycles. The molecule has 160 valence electrons. The average molecular weight is 410 g/mol. The zero-order valence-electron chi connectivity index (χ0n) is 18.1. The Morgan fingerprint density at radius 3 is 2.53 bits per heavy atom. The fourth-order valence-corrected chi connectivity index (χ4v) is 4.01. The molecular weight excluding hydrogens is 378 g/mol. The summed E-state index contributed by atoms with van der Waals surface area (Å²) in [4.78, 5) is 23.1. The van der Waals surface area contributed by atoms with Crippen molar-refractivity contribution in [3.8, 4) is 17.0 Å². The van der Waals surface area contributed by atoms with Gasteiger partial charge in [-0.05, 0) is 56.1 Å². The van der Waals surface area contributed by atoms with Crippen molar-refractivity contribution >= 4 is 11.7 Å². The molecule has 0 spiro atoms. The van der Waals surface area contributed by atoms with Crippen LogP contribution in [-0.2, 0) is 11.2 Å². The van der Waals surface area contributed by atoms with Crippen LogP contribution < -0.4 is 9.64 Å². The van der Waals surface area contributed by atoms with E-state index in [9.17, 15) is 9.90 Å². The third kappa shape index (κ3) is 4.74. The summed E-state index contributed by atoms with van der Waals surface area (Å²) in [6.07, 6.45) is 8.21. The van der Waals surface area contributed by atoms with Gasteiger partial charge < -0.3 is 14.7 Å². The number of aliphatic carboxylic acids is 1. The van der Waals surface area contributed by atoms with Crippen molar-refractivity contribution in [1.29, 1.82) is 0 Å². The lowest BCUT2D eigenvalue weighted by Crippen LogP contribution is -2.38. The molecule has 1 N–H and O–H groups in total. The second kappa shape index (κ2) is 8.25. The van der Waals surface area contributed by atoms with Crippen LogP contribution in [0.5, 0.6) is 5.75 Å². The summed E-state index contributed by atoms with van der Waals surface area (Å²) in [5.41, 5.74) is 4.53. The Hall–Kier alpha value is -2.63. The van der Waals surface area contributed by atoms with Gasteiger partial charge in [0, 0.05) is 36.1 Å². The Bertz CT molecular complexity index is 910. The molecular formula is C24H31N3O3. The maximum atomic E-state index is 11.6. The van der Waals surface area contributed by atoms with E-state index in [-0.39, 0.29) is 6.42 Å². The highest BCUT2D eigenvalue weighted by Crippen LogP contribution is 2.39. The van der Waals surface area contributed by atoms with Crippen LogP contribution in [0.2, 0.25) is 0 Å². The molecule has 6 nitrogen and oxygen atoms in total. The molecule has 0 unspecified atom stereocenters. The Kier molecular flexibility index (Phi) is 5.67. The zero-order valence-corrected chi connectivity index (χ0v) is 18.1. The standard InChI is InChI=1S/C24H31N3O3/c1-16-19(12-22(28)29)23(27-10-8-24(2,3)9-11-27)20(14-25-16)21-7-6-18(13-26-21)30-15-17-4-5-17/h6-7,13-14,17H,4-5,8-12,15H2,1-3H3,(H,28,29). The van der Waals surface area contributed by atoms with Crippen LogP contribution >= 0.6 is 0 Å². The molecule has 1 saturated heterocycles. The lowest BCUT2D eigenvalue weighted by Gasteiger charge is -2.40. The first-order valence-electron chi connectivity index (χ1n) is 10.9. The number of pyridine rings is 2. The number of carboxylic acid groups (broad SMARTS) is 1. The smallest absolute Gasteiger partial charge is 0.307 e. The number of rotatable bonds is 7. The summed E-state index contributed by atoms with van der Waals surface area (Å²) in [6.45, 7) is 9.04. The second-order valence-electron chi connectivity index (χ2n) is 9.44. The van der Waals surface area contributed by atoms with E-state index in [2.05, 4.69) is 28.7 Å². The van der Waals surface area contributed by atoms with E-state index in [1.807, 2.05) is 25.3 Å². The number of anilines is 1. The van der Waals surface area contributed by atoms with Crippen molar-refractivity contribution in [2.24, 2.45) is 11.3 Å². The minimum Gasteiger partial charge on any atom is -0.492 e. The number of hydrogen-bond acceptors (Lipinski definition) is 5. The van der Waals surface area contributed by atoms with Crippen molar-refractivity contribution in [2.45, 2.75) is 52.9 Å². The van der Waals surface area contributed by atoms with E-state index in [4.69, 9.17) is 4.74 Å². The first kappa shape index (κ1) is 20.6. The monoisotopic (exact) mass is 409 g/mol. The number of nitrogens with zero attached hydrogens (tertiary/aromatic N) is 3. The van der Waals surface area contributed by atoms with Crippen molar-refractivity contribution in [3.63, 3.8) is 0 Å². The van der Waals surface area contributed by atoms with Crippen LogP contribution in [0.4, 0.5) is 5.69 Å². The molecule has 0 atom stereocenters. The number of piperidine rings is 1. The SMILES string of the molecule is Cc1ncc(-c2ccc(OCC3CC3)cn2)c(N2CCC(C)(C)CC2)c1CC(=O)O. The molecule has 2 aromatic rings. The molecule has 2 fully saturated rings. The summed E-state index contributed by atoms with van der Waals surface area (Å²) in [5.74, 6) is 0.629. The van der Waals surface area contributed by atoms with Crippen molar-refractivity contribution in [2.75, 3.05) is 24.6 Å². The third-order valence-electron chi connectivity index (χ3n) is 6.32. The van der Waals surface area contributed by atoms with Gasteiger partial charge >= 0.3 is 5.97 Å². The minimum atomic E-state index is -0.840. The van der Waals surface area contributed by atoms with E-state index >= 15 is 0 Å². The van der Waals surface area contributed by atoms with Gasteiger partial charge in [-0.15, -0.1) is 0 Å². The van der Waals surface area contributed by atoms with Gasteiger partial charge in [0.05, 0.1) is 30.6 Å². The number of hydrogen-bond donors (Lipinski definition) is 1. The lowest BCUT2D eigenvalue weighted by atomic mass is 9.82. The van der Waals surface area contributed by atoms with E-state index in [1.54, 1.807) is 6.20 Å². The van der Waals surface area contributed by atoms with Gasteiger partial charge in [-0.25, -0.2) is 0 Å². The fraction of sp³-hybridized carbons (Fsp3) is 0.542. The summed E-state index contributed by atoms with van der Waals surface area (Å²) < 4.78 is 5.82. The number of aromatic nitrogens is 2. The maximum absolute atomic E-state index is 11.6. The van der Waals surface area contributed by atoms with Crippen molar-refractivity contribution in [1.82, 2.24) is 9.97 Å². The third-order valence-corrected chi connectivity index (χ3v) is 6.32. The highest BCUT2D eigenvalue weighted by Gasteiger charge is 2.29. The molecule has 4 rings (SSSR count). The first-order valence-corrected chi connectivity index (χ1v) is 10.9. The quantitative estimate of drug-likeness (QED) is 0.726. The summed E-state index contributed by atoms with van der Waals surface area (Å²) in [6, 6.07) is 3.90. The summed E-state index contributed by atoms with van der Waals surface area (Å²) in [7, 11) is 0. The molecule has 6 heteroatoms. The zero-order chi connectivity index (χ0) is 21.3. The Balaban J connectivity index is 1.68. The molecule has 1 aliphatic carbocycles. The van der Waals surface area contributed by atoms with E-state index in [1.165, 1.54) is 12.8 Å². The molecule has 1 saturated carbocycles. The molecule has 0 aromatic carbocycles.